The third-order valence-corrected chi connectivity index (χ3v) is 6.12. The lowest BCUT2D eigenvalue weighted by atomic mass is 10.0. The first-order valence-corrected chi connectivity index (χ1v) is 9.91. The van der Waals surface area contributed by atoms with Gasteiger partial charge >= 0.3 is 0 Å². The molecule has 1 aromatic rings. The van der Waals surface area contributed by atoms with Gasteiger partial charge in [-0.1, -0.05) is 6.92 Å². The van der Waals surface area contributed by atoms with Crippen LogP contribution in [0.5, 0.6) is 0 Å². The molecule has 0 bridgehead atoms. The van der Waals surface area contributed by atoms with Crippen molar-refractivity contribution in [1.82, 2.24) is 20.0 Å². The Bertz CT molecular complexity index is 598. The third-order valence-electron chi connectivity index (χ3n) is 6.12. The van der Waals surface area contributed by atoms with Crippen molar-refractivity contribution in [3.63, 3.8) is 0 Å². The molecule has 136 valence electrons. The van der Waals surface area contributed by atoms with Crippen LogP contribution in [0.3, 0.4) is 0 Å². The van der Waals surface area contributed by atoms with Crippen molar-refractivity contribution in [2.45, 2.75) is 57.5 Å². The highest BCUT2D eigenvalue weighted by Crippen LogP contribution is 2.30. The van der Waals surface area contributed by atoms with Gasteiger partial charge in [-0.25, -0.2) is 0 Å². The average molecular weight is 343 g/mol. The molecule has 1 amide bonds. The van der Waals surface area contributed by atoms with Gasteiger partial charge in [-0.3, -0.25) is 9.69 Å². The van der Waals surface area contributed by atoms with E-state index in [1.165, 1.54) is 32.2 Å². The van der Waals surface area contributed by atoms with Crippen LogP contribution in [-0.2, 0) is 0 Å². The van der Waals surface area contributed by atoms with E-state index < -0.39 is 0 Å². The minimum absolute atomic E-state index is 0.0610. The molecule has 3 saturated heterocycles. The highest BCUT2D eigenvalue weighted by atomic mass is 16.2. The zero-order chi connectivity index (χ0) is 17.2. The summed E-state index contributed by atoms with van der Waals surface area (Å²) in [6.45, 7) is 7.42. The summed E-state index contributed by atoms with van der Waals surface area (Å²) in [5.41, 5.74) is 0.496. The van der Waals surface area contributed by atoms with Gasteiger partial charge in [0, 0.05) is 31.7 Å². The third kappa shape index (κ3) is 3.24. The van der Waals surface area contributed by atoms with E-state index in [1.807, 2.05) is 12.1 Å². The van der Waals surface area contributed by atoms with Crippen LogP contribution in [0.4, 0.5) is 5.82 Å². The van der Waals surface area contributed by atoms with Crippen LogP contribution >= 0.6 is 0 Å². The lowest BCUT2D eigenvalue weighted by molar-refractivity contribution is 0.0643. The van der Waals surface area contributed by atoms with E-state index in [0.717, 1.165) is 44.8 Å². The van der Waals surface area contributed by atoms with E-state index in [4.69, 9.17) is 0 Å². The number of likely N-dealkylation sites (N-methyl/N-ethyl adjacent to an activating group) is 1. The number of amides is 1. The van der Waals surface area contributed by atoms with Gasteiger partial charge in [0.25, 0.3) is 5.91 Å². The maximum absolute atomic E-state index is 13.0. The molecule has 3 fully saturated rings. The Hall–Kier alpha value is -1.69. The van der Waals surface area contributed by atoms with Crippen molar-refractivity contribution in [3.8, 4) is 0 Å². The first kappa shape index (κ1) is 16.8. The van der Waals surface area contributed by atoms with Gasteiger partial charge in [0.2, 0.25) is 0 Å². The monoisotopic (exact) mass is 343 g/mol. The van der Waals surface area contributed by atoms with Gasteiger partial charge < -0.3 is 9.80 Å². The number of anilines is 1. The predicted molar refractivity (Wildman–Crippen MR) is 97.8 cm³/mol. The van der Waals surface area contributed by atoms with E-state index in [2.05, 4.69) is 31.8 Å². The summed E-state index contributed by atoms with van der Waals surface area (Å²) in [5, 5.41) is 8.60. The number of hydrogen-bond donors (Lipinski definition) is 0. The molecule has 0 aromatic carbocycles. The number of hydrogen-bond acceptors (Lipinski definition) is 5. The van der Waals surface area contributed by atoms with Gasteiger partial charge in [-0.05, 0) is 63.7 Å². The van der Waals surface area contributed by atoms with E-state index in [-0.39, 0.29) is 5.91 Å². The Balaban J connectivity index is 1.47. The van der Waals surface area contributed by atoms with Gasteiger partial charge in [0.05, 0.1) is 0 Å². The summed E-state index contributed by atoms with van der Waals surface area (Å²) in [6.07, 6.45) is 7.11. The standard InChI is InChI=1S/C19H29N5O/c1-2-22-13-5-7-16(22)17-8-6-14-24(17)19(25)15-9-10-18(21-20-15)23-11-3-4-12-23/h9-10,16-17H,2-8,11-14H2,1H3/t16-,17+/m0/s1. The van der Waals surface area contributed by atoms with Crippen LogP contribution in [0.15, 0.2) is 12.1 Å². The summed E-state index contributed by atoms with van der Waals surface area (Å²) in [4.78, 5) is 19.9. The average Bonchev–Trinajstić information content (AvgIpc) is 3.41. The van der Waals surface area contributed by atoms with Crippen LogP contribution < -0.4 is 4.90 Å². The SMILES string of the molecule is CCN1CCC[C@H]1[C@H]1CCCN1C(=O)c1ccc(N2CCCC2)nn1. The fourth-order valence-electron chi connectivity index (χ4n) is 4.83. The molecule has 6 heteroatoms. The highest BCUT2D eigenvalue weighted by Gasteiger charge is 2.39. The second kappa shape index (κ2) is 7.28. The second-order valence-electron chi connectivity index (χ2n) is 7.52. The molecule has 3 aliphatic rings. The number of nitrogens with zero attached hydrogens (tertiary/aromatic N) is 5. The normalized spacial score (nSPS) is 27.4. The Morgan fingerprint density at radius 3 is 2.48 bits per heavy atom. The summed E-state index contributed by atoms with van der Waals surface area (Å²) in [5.74, 6) is 0.964. The van der Waals surface area contributed by atoms with Gasteiger partial charge in [-0.2, -0.15) is 0 Å². The zero-order valence-electron chi connectivity index (χ0n) is 15.2. The zero-order valence-corrected chi connectivity index (χ0v) is 15.2. The maximum atomic E-state index is 13.0. The number of carbonyl (C=O) groups excluding carboxylic acids is 1. The molecule has 25 heavy (non-hydrogen) atoms. The summed E-state index contributed by atoms with van der Waals surface area (Å²) in [7, 11) is 0. The first-order chi connectivity index (χ1) is 12.3. The van der Waals surface area contributed by atoms with Crippen molar-refractivity contribution in [1.29, 1.82) is 0 Å². The van der Waals surface area contributed by atoms with E-state index in [0.29, 0.717) is 17.8 Å². The number of carbonyl (C=O) groups is 1. The van der Waals surface area contributed by atoms with E-state index in [9.17, 15) is 4.79 Å². The second-order valence-corrected chi connectivity index (χ2v) is 7.52. The van der Waals surface area contributed by atoms with Crippen LogP contribution in [0.2, 0.25) is 0 Å². The molecule has 0 aliphatic carbocycles. The molecule has 4 rings (SSSR count). The molecule has 4 heterocycles. The first-order valence-electron chi connectivity index (χ1n) is 9.91. The quantitative estimate of drug-likeness (QED) is 0.839. The minimum atomic E-state index is 0.0610. The summed E-state index contributed by atoms with van der Waals surface area (Å²) >= 11 is 0. The number of rotatable bonds is 4. The van der Waals surface area contributed by atoms with Crippen molar-refractivity contribution < 1.29 is 4.79 Å². The Kier molecular flexibility index (Phi) is 4.88. The van der Waals surface area contributed by atoms with Crippen LogP contribution in [-0.4, -0.2) is 70.7 Å². The molecular weight excluding hydrogens is 314 g/mol. The Morgan fingerprint density at radius 2 is 1.76 bits per heavy atom. The van der Waals surface area contributed by atoms with Crippen molar-refractivity contribution in [2.24, 2.45) is 0 Å². The predicted octanol–water partition coefficient (Wildman–Crippen LogP) is 2.17. The molecular formula is C19H29N5O. The lowest BCUT2D eigenvalue weighted by Gasteiger charge is -2.34. The number of aromatic nitrogens is 2. The molecule has 0 spiro atoms. The van der Waals surface area contributed by atoms with Crippen molar-refractivity contribution in [2.75, 3.05) is 37.6 Å². The molecule has 0 radical (unpaired) electrons. The fourth-order valence-corrected chi connectivity index (χ4v) is 4.83. The van der Waals surface area contributed by atoms with E-state index in [1.54, 1.807) is 0 Å². The summed E-state index contributed by atoms with van der Waals surface area (Å²) in [6, 6.07) is 4.69. The Morgan fingerprint density at radius 1 is 1.00 bits per heavy atom. The fraction of sp³-hybridized carbons (Fsp3) is 0.737. The smallest absolute Gasteiger partial charge is 0.274 e. The van der Waals surface area contributed by atoms with Crippen LogP contribution in [0.1, 0.15) is 55.9 Å². The lowest BCUT2D eigenvalue weighted by Crippen LogP contribution is -2.48. The topological polar surface area (TPSA) is 52.6 Å². The molecule has 0 unspecified atom stereocenters. The highest BCUT2D eigenvalue weighted by molar-refractivity contribution is 5.92. The van der Waals surface area contributed by atoms with Gasteiger partial charge in [0.15, 0.2) is 11.5 Å². The maximum Gasteiger partial charge on any atom is 0.274 e. The van der Waals surface area contributed by atoms with Crippen LogP contribution in [0, 0.1) is 0 Å². The summed E-state index contributed by atoms with van der Waals surface area (Å²) < 4.78 is 0. The molecule has 6 nitrogen and oxygen atoms in total. The molecule has 2 atom stereocenters. The van der Waals surface area contributed by atoms with Gasteiger partial charge in [0.1, 0.15) is 0 Å². The van der Waals surface area contributed by atoms with Crippen molar-refractivity contribution in [3.05, 3.63) is 17.8 Å². The largest absolute Gasteiger partial charge is 0.355 e. The van der Waals surface area contributed by atoms with Crippen LogP contribution in [0.25, 0.3) is 0 Å². The molecule has 1 aromatic heterocycles. The minimum Gasteiger partial charge on any atom is -0.355 e. The molecule has 3 aliphatic heterocycles. The van der Waals surface area contributed by atoms with Crippen molar-refractivity contribution >= 4 is 11.7 Å². The molecule has 0 saturated carbocycles. The number of likely N-dealkylation sites (tertiary alicyclic amines) is 2. The van der Waals surface area contributed by atoms with E-state index >= 15 is 0 Å². The molecule has 0 N–H and O–H groups in total. The van der Waals surface area contributed by atoms with Gasteiger partial charge in [-0.15, -0.1) is 10.2 Å². The Labute approximate surface area is 150 Å².